The number of hydrogen-bond donors (Lipinski definition) is 1. The van der Waals surface area contributed by atoms with Gasteiger partial charge in [0.25, 0.3) is 0 Å². The Balaban J connectivity index is 2.92. The van der Waals surface area contributed by atoms with Gasteiger partial charge in [-0.2, -0.15) is 0 Å². The van der Waals surface area contributed by atoms with Gasteiger partial charge in [0, 0.05) is 11.6 Å². The average Bonchev–Trinajstić information content (AvgIpc) is 2.14. The van der Waals surface area contributed by atoms with Crippen molar-refractivity contribution in [2.45, 2.75) is 0 Å². The van der Waals surface area contributed by atoms with Gasteiger partial charge in [-0.3, -0.25) is 0 Å². The van der Waals surface area contributed by atoms with Gasteiger partial charge >= 0.3 is 0 Å². The molecule has 0 aliphatic rings. The van der Waals surface area contributed by atoms with E-state index >= 15 is 0 Å². The van der Waals surface area contributed by atoms with Crippen LogP contribution in [0.4, 0.5) is 4.39 Å². The molecule has 0 aliphatic carbocycles. The van der Waals surface area contributed by atoms with E-state index in [1.165, 1.54) is 12.1 Å². The van der Waals surface area contributed by atoms with Gasteiger partial charge in [0.1, 0.15) is 5.82 Å². The lowest BCUT2D eigenvalue weighted by Crippen LogP contribution is -2.03. The largest absolute Gasteiger partial charge is 0.316 e. The number of rotatable bonds is 3. The molecule has 0 saturated heterocycles. The van der Waals surface area contributed by atoms with Crippen LogP contribution in [0.15, 0.2) is 18.2 Å². The van der Waals surface area contributed by atoms with Crippen molar-refractivity contribution in [2.75, 3.05) is 13.6 Å². The summed E-state index contributed by atoms with van der Waals surface area (Å²) in [5, 5.41) is 3.42. The number of hydrogen-bond acceptors (Lipinski definition) is 1. The fourth-order valence-corrected chi connectivity index (χ4v) is 1.42. The van der Waals surface area contributed by atoms with Crippen molar-refractivity contribution in [3.8, 4) is 0 Å². The zero-order valence-electron chi connectivity index (χ0n) is 7.65. The summed E-state index contributed by atoms with van der Waals surface area (Å²) in [6, 6.07) is 2.72. The second-order valence-corrected chi connectivity index (χ2v) is 3.56. The van der Waals surface area contributed by atoms with E-state index in [-0.39, 0.29) is 5.02 Å². The zero-order valence-corrected chi connectivity index (χ0v) is 9.16. The van der Waals surface area contributed by atoms with E-state index < -0.39 is 5.82 Å². The maximum Gasteiger partial charge on any atom is 0.142 e. The lowest BCUT2D eigenvalue weighted by Gasteiger charge is -2.00. The number of halogens is 3. The molecule has 0 spiro atoms. The van der Waals surface area contributed by atoms with Gasteiger partial charge in [-0.15, -0.1) is 0 Å². The highest BCUT2D eigenvalue weighted by Gasteiger charge is 2.04. The van der Waals surface area contributed by atoms with Crippen LogP contribution in [-0.4, -0.2) is 13.6 Å². The van der Waals surface area contributed by atoms with Crippen LogP contribution >= 0.6 is 23.2 Å². The molecule has 0 aliphatic heterocycles. The highest BCUT2D eigenvalue weighted by Crippen LogP contribution is 2.25. The molecule has 1 aromatic rings. The monoisotopic (exact) mass is 233 g/mol. The Morgan fingerprint density at radius 2 is 2.07 bits per heavy atom. The van der Waals surface area contributed by atoms with Crippen molar-refractivity contribution in [3.63, 3.8) is 0 Å². The van der Waals surface area contributed by atoms with Crippen LogP contribution in [0.3, 0.4) is 0 Å². The van der Waals surface area contributed by atoms with E-state index in [1.54, 1.807) is 6.08 Å². The third-order valence-corrected chi connectivity index (χ3v) is 2.28. The van der Waals surface area contributed by atoms with Crippen LogP contribution in [0, 0.1) is 5.82 Å². The molecule has 0 bridgehead atoms. The van der Waals surface area contributed by atoms with E-state index in [0.29, 0.717) is 17.1 Å². The summed E-state index contributed by atoms with van der Waals surface area (Å²) < 4.78 is 13.0. The third kappa shape index (κ3) is 2.98. The fourth-order valence-electron chi connectivity index (χ4n) is 0.969. The molecule has 14 heavy (non-hydrogen) atoms. The smallest absolute Gasteiger partial charge is 0.142 e. The minimum absolute atomic E-state index is 0.0424. The van der Waals surface area contributed by atoms with Crippen LogP contribution < -0.4 is 5.32 Å². The van der Waals surface area contributed by atoms with Crippen molar-refractivity contribution in [1.29, 1.82) is 0 Å². The second kappa shape index (κ2) is 5.35. The predicted molar refractivity (Wildman–Crippen MR) is 59.4 cm³/mol. The maximum atomic E-state index is 13.0. The van der Waals surface area contributed by atoms with Gasteiger partial charge in [0.2, 0.25) is 0 Å². The summed E-state index contributed by atoms with van der Waals surface area (Å²) >= 11 is 11.4. The van der Waals surface area contributed by atoms with Crippen molar-refractivity contribution in [1.82, 2.24) is 5.32 Å². The number of benzene rings is 1. The van der Waals surface area contributed by atoms with Crippen molar-refractivity contribution >= 4 is 29.3 Å². The molecule has 1 rings (SSSR count). The van der Waals surface area contributed by atoms with Gasteiger partial charge in [-0.25, -0.2) is 4.39 Å². The minimum Gasteiger partial charge on any atom is -0.316 e. The van der Waals surface area contributed by atoms with E-state index in [2.05, 4.69) is 5.32 Å². The third-order valence-electron chi connectivity index (χ3n) is 1.66. The van der Waals surface area contributed by atoms with Crippen LogP contribution in [-0.2, 0) is 0 Å². The SMILES string of the molecule is CNCC=Cc1cc(F)c(Cl)cc1Cl. The molecule has 0 heterocycles. The first-order valence-electron chi connectivity index (χ1n) is 4.11. The quantitative estimate of drug-likeness (QED) is 0.790. The van der Waals surface area contributed by atoms with E-state index in [0.717, 1.165) is 0 Å². The molecule has 0 saturated carbocycles. The summed E-state index contributed by atoms with van der Waals surface area (Å²) in [5.74, 6) is -0.458. The zero-order chi connectivity index (χ0) is 10.6. The van der Waals surface area contributed by atoms with E-state index in [9.17, 15) is 4.39 Å². The molecular weight excluding hydrogens is 224 g/mol. The first kappa shape index (κ1) is 11.5. The van der Waals surface area contributed by atoms with Crippen LogP contribution in [0.1, 0.15) is 5.56 Å². The highest BCUT2D eigenvalue weighted by atomic mass is 35.5. The van der Waals surface area contributed by atoms with Crippen molar-refractivity contribution in [3.05, 3.63) is 39.6 Å². The molecule has 1 aromatic carbocycles. The molecule has 0 radical (unpaired) electrons. The first-order chi connectivity index (χ1) is 6.65. The lowest BCUT2D eigenvalue weighted by molar-refractivity contribution is 0.628. The first-order valence-corrected chi connectivity index (χ1v) is 4.86. The molecule has 0 aromatic heterocycles. The summed E-state index contributed by atoms with van der Waals surface area (Å²) in [7, 11) is 1.83. The van der Waals surface area contributed by atoms with Gasteiger partial charge in [-0.05, 0) is 24.7 Å². The summed E-state index contributed by atoms with van der Waals surface area (Å²) in [4.78, 5) is 0. The molecule has 0 fully saturated rings. The Hall–Kier alpha value is -0.570. The Morgan fingerprint density at radius 3 is 2.71 bits per heavy atom. The minimum atomic E-state index is -0.458. The summed E-state index contributed by atoms with van der Waals surface area (Å²) in [6.07, 6.45) is 3.60. The van der Waals surface area contributed by atoms with Gasteiger partial charge in [0.05, 0.1) is 5.02 Å². The highest BCUT2D eigenvalue weighted by molar-refractivity contribution is 6.35. The standard InChI is InChI=1S/C10H10Cl2FN/c1-14-4-2-3-7-5-10(13)9(12)6-8(7)11/h2-3,5-6,14H,4H2,1H3. The van der Waals surface area contributed by atoms with Crippen molar-refractivity contribution in [2.24, 2.45) is 0 Å². The fraction of sp³-hybridized carbons (Fsp3) is 0.200. The second-order valence-electron chi connectivity index (χ2n) is 2.75. The Kier molecular flexibility index (Phi) is 4.39. The average molecular weight is 234 g/mol. The molecule has 1 nitrogen and oxygen atoms in total. The van der Waals surface area contributed by atoms with Gasteiger partial charge < -0.3 is 5.32 Å². The van der Waals surface area contributed by atoms with Gasteiger partial charge in [0.15, 0.2) is 0 Å². The van der Waals surface area contributed by atoms with Crippen LogP contribution in [0.25, 0.3) is 6.08 Å². The molecule has 1 N–H and O–H groups in total. The van der Waals surface area contributed by atoms with Crippen molar-refractivity contribution < 1.29 is 4.39 Å². The van der Waals surface area contributed by atoms with E-state index in [4.69, 9.17) is 23.2 Å². The summed E-state index contributed by atoms with van der Waals surface area (Å²) in [5.41, 5.74) is 0.629. The number of likely N-dealkylation sites (N-methyl/N-ethyl adjacent to an activating group) is 1. The van der Waals surface area contributed by atoms with Crippen LogP contribution in [0.2, 0.25) is 10.0 Å². The molecule has 0 atom stereocenters. The molecule has 0 amide bonds. The van der Waals surface area contributed by atoms with E-state index in [1.807, 2.05) is 13.1 Å². The Bertz CT molecular complexity index is 350. The Labute approximate surface area is 92.5 Å². The Morgan fingerprint density at radius 1 is 1.36 bits per heavy atom. The number of nitrogens with one attached hydrogen (secondary N) is 1. The van der Waals surface area contributed by atoms with Gasteiger partial charge in [-0.1, -0.05) is 35.4 Å². The topological polar surface area (TPSA) is 12.0 Å². The lowest BCUT2D eigenvalue weighted by atomic mass is 10.2. The predicted octanol–water partition coefficient (Wildman–Crippen LogP) is 3.37. The molecule has 76 valence electrons. The molecular formula is C10H10Cl2FN. The summed E-state index contributed by atoms with van der Waals surface area (Å²) in [6.45, 7) is 0.709. The van der Waals surface area contributed by atoms with Crippen LogP contribution in [0.5, 0.6) is 0 Å². The maximum absolute atomic E-state index is 13.0. The molecule has 0 unspecified atom stereocenters. The normalized spacial score (nSPS) is 11.1. The molecule has 4 heteroatoms.